The van der Waals surface area contributed by atoms with E-state index in [0.29, 0.717) is 29.4 Å². The first-order valence-electron chi connectivity index (χ1n) is 17.7. The predicted molar refractivity (Wildman–Crippen MR) is 206 cm³/mol. The van der Waals surface area contributed by atoms with Gasteiger partial charge in [-0.1, -0.05) is 109 Å². The van der Waals surface area contributed by atoms with Crippen LogP contribution in [0.4, 0.5) is 18.9 Å². The molecule has 0 bridgehead atoms. The first-order chi connectivity index (χ1) is 26.0. The zero-order chi connectivity index (χ0) is 37.5. The second kappa shape index (κ2) is 13.9. The summed E-state index contributed by atoms with van der Waals surface area (Å²) in [6, 6.07) is 42.3. The summed E-state index contributed by atoms with van der Waals surface area (Å²) < 4.78 is 72.1. The van der Waals surface area contributed by atoms with Crippen molar-refractivity contribution in [3.63, 3.8) is 0 Å². The van der Waals surface area contributed by atoms with Crippen LogP contribution in [0.25, 0.3) is 22.0 Å². The molecule has 0 spiro atoms. The second-order valence-electron chi connectivity index (χ2n) is 13.6. The Morgan fingerprint density at radius 2 is 1.37 bits per heavy atom. The number of rotatable bonds is 8. The second-order valence-corrected chi connectivity index (χ2v) is 15.6. The third-order valence-electron chi connectivity index (χ3n) is 10.3. The van der Waals surface area contributed by atoms with Crippen molar-refractivity contribution in [3.8, 4) is 11.1 Å². The zero-order valence-electron chi connectivity index (χ0n) is 29.4. The minimum absolute atomic E-state index is 0.0595. The van der Waals surface area contributed by atoms with E-state index in [1.807, 2.05) is 103 Å². The molecule has 0 N–H and O–H groups in total. The molecule has 54 heavy (non-hydrogen) atoms. The van der Waals surface area contributed by atoms with E-state index >= 15 is 13.2 Å². The molecular formula is C44H36F3N4O2S. The molecule has 1 saturated heterocycles. The lowest BCUT2D eigenvalue weighted by Crippen LogP contribution is -2.38. The summed E-state index contributed by atoms with van der Waals surface area (Å²) in [5.74, 6) is 0. The normalized spacial score (nSPS) is 15.4. The van der Waals surface area contributed by atoms with Crippen LogP contribution < -0.4 is 4.90 Å². The van der Waals surface area contributed by atoms with Crippen LogP contribution in [0.2, 0.25) is 0 Å². The van der Waals surface area contributed by atoms with Gasteiger partial charge in [-0.05, 0) is 77.4 Å². The van der Waals surface area contributed by atoms with Gasteiger partial charge >= 0.3 is 6.18 Å². The lowest BCUT2D eigenvalue weighted by Gasteiger charge is -2.38. The van der Waals surface area contributed by atoms with Crippen molar-refractivity contribution in [1.29, 1.82) is 0 Å². The topological polar surface area (TPSA) is 68.1 Å². The number of aromatic nitrogens is 3. The highest BCUT2D eigenvalue weighted by molar-refractivity contribution is 7.90. The van der Waals surface area contributed by atoms with E-state index in [1.54, 1.807) is 42.6 Å². The number of anilines is 1. The van der Waals surface area contributed by atoms with Crippen molar-refractivity contribution in [1.82, 2.24) is 14.8 Å². The van der Waals surface area contributed by atoms with Crippen LogP contribution in [0.5, 0.6) is 0 Å². The molecule has 0 aliphatic carbocycles. The van der Waals surface area contributed by atoms with Crippen LogP contribution in [0.3, 0.4) is 0 Å². The van der Waals surface area contributed by atoms with Crippen molar-refractivity contribution < 1.29 is 21.6 Å². The summed E-state index contributed by atoms with van der Waals surface area (Å²) in [4.78, 5) is 7.03. The lowest BCUT2D eigenvalue weighted by molar-refractivity contribution is -0.141. The van der Waals surface area contributed by atoms with Gasteiger partial charge in [-0.3, -0.25) is 9.67 Å². The Morgan fingerprint density at radius 1 is 0.741 bits per heavy atom. The monoisotopic (exact) mass is 741 g/mol. The van der Waals surface area contributed by atoms with Crippen LogP contribution in [0.15, 0.2) is 157 Å². The molecule has 6 nitrogen and oxygen atoms in total. The van der Waals surface area contributed by atoms with E-state index in [4.69, 9.17) is 0 Å². The number of hydrogen-bond donors (Lipinski definition) is 0. The quantitative estimate of drug-likeness (QED) is 0.145. The van der Waals surface area contributed by atoms with Crippen molar-refractivity contribution in [2.75, 3.05) is 17.7 Å². The Balaban J connectivity index is 1.33. The molecule has 271 valence electrons. The standard InChI is InChI=1S/C44H36F3N4O2S/c1-54(52,53)36-21-13-14-32(28-36)40-22-11-12-27-50(40)41-25-26-48-39-24-23-31(29-37(39)41)38-30-51(49-42(38)44(45,46)47)43(33-15-5-2-6-16-33,34-17-7-3-8-18-34)35-19-9-4-10-20-35/h2-11,13-21,23-26,28-30,40H,12,22,27H2,1H3. The third-order valence-corrected chi connectivity index (χ3v) is 11.4. The maximum atomic E-state index is 15.2. The Bertz CT molecular complexity index is 2440. The van der Waals surface area contributed by atoms with Crippen LogP contribution in [-0.4, -0.2) is 36.0 Å². The molecule has 0 amide bonds. The summed E-state index contributed by atoms with van der Waals surface area (Å²) in [5, 5.41) is 5.13. The number of pyridine rings is 1. The molecular weight excluding hydrogens is 706 g/mol. The zero-order valence-corrected chi connectivity index (χ0v) is 30.2. The minimum Gasteiger partial charge on any atom is -0.364 e. The average molecular weight is 742 g/mol. The smallest absolute Gasteiger partial charge is 0.364 e. The molecule has 7 aromatic rings. The number of benzene rings is 5. The van der Waals surface area contributed by atoms with Gasteiger partial charge in [-0.25, -0.2) is 8.42 Å². The largest absolute Gasteiger partial charge is 0.435 e. The van der Waals surface area contributed by atoms with Gasteiger partial charge in [0.15, 0.2) is 15.5 Å². The molecule has 5 aromatic carbocycles. The summed E-state index contributed by atoms with van der Waals surface area (Å²) in [6.07, 6.45) is 3.28. The van der Waals surface area contributed by atoms with E-state index < -0.39 is 27.2 Å². The lowest BCUT2D eigenvalue weighted by atomic mass is 9.77. The van der Waals surface area contributed by atoms with Crippen molar-refractivity contribution in [2.45, 2.75) is 35.5 Å². The average Bonchev–Trinajstić information content (AvgIpc) is 3.66. The van der Waals surface area contributed by atoms with Crippen LogP contribution in [-0.2, 0) is 21.6 Å². The van der Waals surface area contributed by atoms with Crippen LogP contribution in [0, 0.1) is 6.42 Å². The summed E-state index contributed by atoms with van der Waals surface area (Å²) in [6.45, 7) is 0.636. The fourth-order valence-corrected chi connectivity index (χ4v) is 8.47. The highest BCUT2D eigenvalue weighted by Gasteiger charge is 2.44. The predicted octanol–water partition coefficient (Wildman–Crippen LogP) is 9.91. The van der Waals surface area contributed by atoms with Gasteiger partial charge in [0.05, 0.1) is 16.5 Å². The Kier molecular flexibility index (Phi) is 9.09. The molecule has 8 rings (SSSR count). The molecule has 2 aromatic heterocycles. The molecule has 1 aliphatic heterocycles. The first-order valence-corrected chi connectivity index (χ1v) is 19.6. The van der Waals surface area contributed by atoms with E-state index in [2.05, 4.69) is 21.4 Å². The van der Waals surface area contributed by atoms with E-state index in [9.17, 15) is 8.42 Å². The number of hydrogen-bond acceptors (Lipinski definition) is 5. The minimum atomic E-state index is -4.78. The third kappa shape index (κ3) is 6.34. The molecule has 0 saturated carbocycles. The number of sulfone groups is 1. The van der Waals surface area contributed by atoms with Gasteiger partial charge < -0.3 is 4.90 Å². The summed E-state index contributed by atoms with van der Waals surface area (Å²) in [5.41, 5.74) is 2.57. The van der Waals surface area contributed by atoms with Crippen molar-refractivity contribution in [2.24, 2.45) is 0 Å². The summed E-state index contributed by atoms with van der Waals surface area (Å²) >= 11 is 0. The Hall–Kier alpha value is -5.74. The molecule has 1 unspecified atom stereocenters. The maximum absolute atomic E-state index is 15.2. The molecule has 1 radical (unpaired) electrons. The highest BCUT2D eigenvalue weighted by Crippen LogP contribution is 2.45. The molecule has 1 fully saturated rings. The fourth-order valence-electron chi connectivity index (χ4n) is 7.80. The number of halogens is 3. The van der Waals surface area contributed by atoms with Gasteiger partial charge in [-0.2, -0.15) is 18.3 Å². The van der Waals surface area contributed by atoms with Gasteiger partial charge in [0.25, 0.3) is 0 Å². The maximum Gasteiger partial charge on any atom is 0.435 e. The molecule has 3 heterocycles. The van der Waals surface area contributed by atoms with Gasteiger partial charge in [0.2, 0.25) is 0 Å². The molecule has 1 aliphatic rings. The van der Waals surface area contributed by atoms with E-state index in [0.717, 1.165) is 34.4 Å². The van der Waals surface area contributed by atoms with Crippen molar-refractivity contribution in [3.05, 3.63) is 186 Å². The Labute approximate surface area is 312 Å². The number of piperidine rings is 1. The molecule has 1 atom stereocenters. The van der Waals surface area contributed by atoms with Gasteiger partial charge in [0.1, 0.15) is 5.54 Å². The van der Waals surface area contributed by atoms with Crippen molar-refractivity contribution >= 4 is 26.4 Å². The number of nitrogens with zero attached hydrogens (tertiary/aromatic N) is 4. The van der Waals surface area contributed by atoms with Crippen LogP contribution >= 0.6 is 0 Å². The fraction of sp³-hybridized carbons (Fsp3) is 0.159. The van der Waals surface area contributed by atoms with E-state index in [1.165, 1.54) is 17.1 Å². The first kappa shape index (κ1) is 35.3. The Morgan fingerprint density at radius 3 is 1.96 bits per heavy atom. The van der Waals surface area contributed by atoms with E-state index in [-0.39, 0.29) is 16.5 Å². The van der Waals surface area contributed by atoms with Crippen LogP contribution in [0.1, 0.15) is 46.8 Å². The number of fused-ring (bicyclic) bond motifs is 1. The number of alkyl halides is 3. The van der Waals surface area contributed by atoms with Gasteiger partial charge in [0, 0.05) is 41.8 Å². The highest BCUT2D eigenvalue weighted by atomic mass is 32.2. The SMILES string of the molecule is CS(=O)(=O)c1cccc(C2C[CH]CCN2c2ccnc3ccc(-c4cn(C(c5ccccc5)(c5ccccc5)c5ccccc5)nc4C(F)(F)F)cc23)c1. The van der Waals surface area contributed by atoms with Gasteiger partial charge in [-0.15, -0.1) is 0 Å². The summed E-state index contributed by atoms with van der Waals surface area (Å²) in [7, 11) is -3.43. The molecule has 10 heteroatoms.